The van der Waals surface area contributed by atoms with E-state index in [-0.39, 0.29) is 6.10 Å². The molecule has 2 aliphatic rings. The van der Waals surface area contributed by atoms with Crippen molar-refractivity contribution in [1.29, 1.82) is 0 Å². The van der Waals surface area contributed by atoms with Gasteiger partial charge in [-0.25, -0.2) is 0 Å². The lowest BCUT2D eigenvalue weighted by Gasteiger charge is -2.05. The Kier molecular flexibility index (Phi) is 1.16. The summed E-state index contributed by atoms with van der Waals surface area (Å²) in [4.78, 5) is 0. The number of ether oxygens (including phenoxy) is 1. The standard InChI is InChI=1S/C9H9O/c1-2-8-6-7-4-3-5-9(7)10-8/h3-5,9H,2H2,1H3. The van der Waals surface area contributed by atoms with Gasteiger partial charge in [-0.15, -0.1) is 0 Å². The molecule has 0 amide bonds. The summed E-state index contributed by atoms with van der Waals surface area (Å²) in [5.41, 5.74) is 1.18. The van der Waals surface area contributed by atoms with Crippen LogP contribution in [0.4, 0.5) is 0 Å². The molecular formula is C9H9O. The molecule has 0 saturated heterocycles. The third kappa shape index (κ3) is 0.703. The Hall–Kier alpha value is -0.980. The predicted molar refractivity (Wildman–Crippen MR) is 39.1 cm³/mol. The van der Waals surface area contributed by atoms with Gasteiger partial charge < -0.3 is 4.74 Å². The largest absolute Gasteiger partial charge is 0.485 e. The van der Waals surface area contributed by atoms with Crippen LogP contribution < -0.4 is 0 Å². The van der Waals surface area contributed by atoms with Crippen LogP contribution in [0.25, 0.3) is 0 Å². The van der Waals surface area contributed by atoms with Gasteiger partial charge in [0.2, 0.25) is 0 Å². The molecule has 1 radical (unpaired) electrons. The molecule has 1 unspecified atom stereocenters. The third-order valence-corrected chi connectivity index (χ3v) is 1.74. The maximum Gasteiger partial charge on any atom is 0.143 e. The zero-order valence-electron chi connectivity index (χ0n) is 5.92. The Morgan fingerprint density at radius 1 is 1.70 bits per heavy atom. The first-order valence-electron chi connectivity index (χ1n) is 3.58. The van der Waals surface area contributed by atoms with Crippen LogP contribution in [0, 0.1) is 6.08 Å². The predicted octanol–water partition coefficient (Wildman–Crippen LogP) is 1.98. The Morgan fingerprint density at radius 3 is 3.30 bits per heavy atom. The van der Waals surface area contributed by atoms with E-state index in [2.05, 4.69) is 13.0 Å². The van der Waals surface area contributed by atoms with E-state index < -0.39 is 0 Å². The van der Waals surface area contributed by atoms with E-state index in [1.165, 1.54) is 5.57 Å². The quantitative estimate of drug-likeness (QED) is 0.531. The van der Waals surface area contributed by atoms with E-state index in [0.717, 1.165) is 12.2 Å². The minimum atomic E-state index is 0.190. The molecule has 1 aliphatic heterocycles. The number of allylic oxidation sites excluding steroid dienone is 3. The number of hydrogen-bond acceptors (Lipinski definition) is 1. The first kappa shape index (κ1) is 5.78. The van der Waals surface area contributed by atoms with E-state index in [0.29, 0.717) is 0 Å². The van der Waals surface area contributed by atoms with E-state index in [1.807, 2.05) is 18.2 Å². The zero-order valence-corrected chi connectivity index (χ0v) is 5.92. The van der Waals surface area contributed by atoms with Crippen LogP contribution in [0.5, 0.6) is 0 Å². The molecular weight excluding hydrogens is 124 g/mol. The van der Waals surface area contributed by atoms with Gasteiger partial charge in [0.15, 0.2) is 0 Å². The summed E-state index contributed by atoms with van der Waals surface area (Å²) in [6.45, 7) is 2.08. The SMILES string of the molecule is CCC1=[C]C2=CC=CC2O1. The molecule has 1 aliphatic carbocycles. The maximum absolute atomic E-state index is 5.48. The van der Waals surface area contributed by atoms with Crippen molar-refractivity contribution in [3.8, 4) is 0 Å². The van der Waals surface area contributed by atoms with Crippen LogP contribution in [0.1, 0.15) is 13.3 Å². The lowest BCUT2D eigenvalue weighted by atomic mass is 10.2. The molecule has 1 nitrogen and oxygen atoms in total. The Balaban J connectivity index is 2.23. The summed E-state index contributed by atoms with van der Waals surface area (Å²) >= 11 is 0. The van der Waals surface area contributed by atoms with Crippen molar-refractivity contribution in [2.24, 2.45) is 0 Å². The first-order chi connectivity index (χ1) is 4.90. The van der Waals surface area contributed by atoms with Gasteiger partial charge in [-0.05, 0) is 6.08 Å². The minimum Gasteiger partial charge on any atom is -0.485 e. The molecule has 0 spiro atoms. The molecule has 51 valence electrons. The molecule has 0 bridgehead atoms. The molecule has 1 atom stereocenters. The molecule has 1 heteroatoms. The second-order valence-corrected chi connectivity index (χ2v) is 2.45. The van der Waals surface area contributed by atoms with Gasteiger partial charge in [0.05, 0.1) is 0 Å². The summed E-state index contributed by atoms with van der Waals surface area (Å²) in [5, 5.41) is 0. The van der Waals surface area contributed by atoms with Crippen molar-refractivity contribution in [2.75, 3.05) is 0 Å². The van der Waals surface area contributed by atoms with Crippen LogP contribution in [0.2, 0.25) is 0 Å². The second-order valence-electron chi connectivity index (χ2n) is 2.45. The second kappa shape index (κ2) is 2.01. The van der Waals surface area contributed by atoms with Gasteiger partial charge in [0, 0.05) is 18.1 Å². The van der Waals surface area contributed by atoms with Gasteiger partial charge in [0.1, 0.15) is 11.9 Å². The fraction of sp³-hybridized carbons (Fsp3) is 0.333. The van der Waals surface area contributed by atoms with Crippen molar-refractivity contribution in [1.82, 2.24) is 0 Å². The number of rotatable bonds is 1. The van der Waals surface area contributed by atoms with Crippen molar-refractivity contribution in [2.45, 2.75) is 19.4 Å². The number of fused-ring (bicyclic) bond motifs is 1. The lowest BCUT2D eigenvalue weighted by molar-refractivity contribution is 0.199. The number of hydrogen-bond donors (Lipinski definition) is 0. The summed E-state index contributed by atoms with van der Waals surface area (Å²) in [6.07, 6.45) is 10.4. The molecule has 0 aromatic rings. The monoisotopic (exact) mass is 133 g/mol. The molecule has 10 heavy (non-hydrogen) atoms. The normalized spacial score (nSPS) is 27.5. The van der Waals surface area contributed by atoms with Crippen LogP contribution >= 0.6 is 0 Å². The molecule has 0 aromatic heterocycles. The highest BCUT2D eigenvalue weighted by atomic mass is 16.5. The van der Waals surface area contributed by atoms with Gasteiger partial charge in [0.25, 0.3) is 0 Å². The molecule has 1 heterocycles. The first-order valence-corrected chi connectivity index (χ1v) is 3.58. The van der Waals surface area contributed by atoms with Crippen molar-refractivity contribution < 1.29 is 4.74 Å². The summed E-state index contributed by atoms with van der Waals surface area (Å²) in [6, 6.07) is 0. The van der Waals surface area contributed by atoms with E-state index >= 15 is 0 Å². The topological polar surface area (TPSA) is 9.23 Å². The molecule has 2 rings (SSSR count). The Bertz CT molecular complexity index is 233. The van der Waals surface area contributed by atoms with Crippen LogP contribution in [0.15, 0.2) is 29.6 Å². The Labute approximate surface area is 60.7 Å². The third-order valence-electron chi connectivity index (χ3n) is 1.74. The molecule has 0 fully saturated rings. The average molecular weight is 133 g/mol. The highest BCUT2D eigenvalue weighted by molar-refractivity contribution is 5.38. The van der Waals surface area contributed by atoms with Crippen LogP contribution in [-0.4, -0.2) is 6.10 Å². The van der Waals surface area contributed by atoms with Crippen LogP contribution in [-0.2, 0) is 4.74 Å². The van der Waals surface area contributed by atoms with E-state index in [4.69, 9.17) is 4.74 Å². The van der Waals surface area contributed by atoms with Gasteiger partial charge in [-0.3, -0.25) is 0 Å². The lowest BCUT2D eigenvalue weighted by Crippen LogP contribution is -2.00. The summed E-state index contributed by atoms with van der Waals surface area (Å²) < 4.78 is 5.48. The van der Waals surface area contributed by atoms with Gasteiger partial charge in [-0.1, -0.05) is 19.1 Å². The maximum atomic E-state index is 5.48. The zero-order chi connectivity index (χ0) is 6.97. The highest BCUT2D eigenvalue weighted by Crippen LogP contribution is 2.27. The van der Waals surface area contributed by atoms with E-state index in [9.17, 15) is 0 Å². The Morgan fingerprint density at radius 2 is 2.60 bits per heavy atom. The fourth-order valence-electron chi connectivity index (χ4n) is 1.19. The van der Waals surface area contributed by atoms with E-state index in [1.54, 1.807) is 0 Å². The van der Waals surface area contributed by atoms with Crippen molar-refractivity contribution >= 4 is 0 Å². The summed E-state index contributed by atoms with van der Waals surface area (Å²) in [7, 11) is 0. The molecule has 0 aromatic carbocycles. The average Bonchev–Trinajstić information content (AvgIpc) is 2.42. The van der Waals surface area contributed by atoms with Crippen LogP contribution in [0.3, 0.4) is 0 Å². The van der Waals surface area contributed by atoms with Crippen molar-refractivity contribution in [3.05, 3.63) is 35.6 Å². The minimum absolute atomic E-state index is 0.190. The van der Waals surface area contributed by atoms with Crippen molar-refractivity contribution in [3.63, 3.8) is 0 Å². The smallest absolute Gasteiger partial charge is 0.143 e. The van der Waals surface area contributed by atoms with Gasteiger partial charge >= 0.3 is 0 Å². The fourth-order valence-corrected chi connectivity index (χ4v) is 1.19. The van der Waals surface area contributed by atoms with Gasteiger partial charge in [-0.2, -0.15) is 0 Å². The molecule has 0 N–H and O–H groups in total. The summed E-state index contributed by atoms with van der Waals surface area (Å²) in [5.74, 6) is 0.987. The molecule has 0 saturated carbocycles. The highest BCUT2D eigenvalue weighted by Gasteiger charge is 2.22.